The number of hydrogen-bond donors (Lipinski definition) is 3. The third-order valence-corrected chi connectivity index (χ3v) is 2.75. The first kappa shape index (κ1) is 13.1. The average Bonchev–Trinajstić information content (AvgIpc) is 2.90. The van der Waals surface area contributed by atoms with Crippen molar-refractivity contribution in [2.45, 2.75) is 6.10 Å². The molecule has 100 valence electrons. The zero-order valence-corrected chi connectivity index (χ0v) is 10.3. The summed E-state index contributed by atoms with van der Waals surface area (Å²) in [7, 11) is 1.17. The Balaban J connectivity index is 2.01. The summed E-state index contributed by atoms with van der Waals surface area (Å²) in [6.07, 6.45) is 0.427. The molecule has 0 spiro atoms. The maximum Gasteiger partial charge on any atom is 0.336 e. The van der Waals surface area contributed by atoms with Crippen LogP contribution in [0, 0.1) is 0 Å². The summed E-state index contributed by atoms with van der Waals surface area (Å²) in [5.74, 6) is -1.14. The zero-order valence-electron chi connectivity index (χ0n) is 10.3. The number of hydrogen-bond acceptors (Lipinski definition) is 4. The Hall–Kier alpha value is -2.34. The van der Waals surface area contributed by atoms with E-state index in [1.54, 1.807) is 18.3 Å². The Labute approximate surface area is 109 Å². The molecule has 0 aliphatic heterocycles. The van der Waals surface area contributed by atoms with Gasteiger partial charge in [0.15, 0.2) is 6.10 Å². The third kappa shape index (κ3) is 2.92. The van der Waals surface area contributed by atoms with Crippen molar-refractivity contribution < 1.29 is 19.4 Å². The molecule has 0 radical (unpaired) electrons. The highest BCUT2D eigenvalue weighted by molar-refractivity contribution is 5.98. The van der Waals surface area contributed by atoms with E-state index >= 15 is 0 Å². The van der Waals surface area contributed by atoms with Crippen molar-refractivity contribution in [3.63, 3.8) is 0 Å². The largest absolute Gasteiger partial charge is 0.467 e. The van der Waals surface area contributed by atoms with Crippen molar-refractivity contribution in [1.82, 2.24) is 10.3 Å². The minimum absolute atomic E-state index is 0.186. The Morgan fingerprint density at radius 3 is 2.95 bits per heavy atom. The molecule has 1 heterocycles. The van der Waals surface area contributed by atoms with Gasteiger partial charge in [-0.25, -0.2) is 4.79 Å². The first-order chi connectivity index (χ1) is 9.11. The molecule has 1 amide bonds. The predicted octanol–water partition coefficient (Wildman–Crippen LogP) is 0.432. The van der Waals surface area contributed by atoms with Gasteiger partial charge in [-0.15, -0.1) is 0 Å². The SMILES string of the molecule is COC(=O)C(O)CNC(=O)c1ccc2cc[nH]c2c1. The monoisotopic (exact) mass is 262 g/mol. The van der Waals surface area contributed by atoms with Gasteiger partial charge >= 0.3 is 5.97 Å². The van der Waals surface area contributed by atoms with Crippen molar-refractivity contribution in [2.75, 3.05) is 13.7 Å². The van der Waals surface area contributed by atoms with Gasteiger partial charge in [0.2, 0.25) is 0 Å². The van der Waals surface area contributed by atoms with Gasteiger partial charge in [-0.1, -0.05) is 6.07 Å². The van der Waals surface area contributed by atoms with E-state index in [-0.39, 0.29) is 12.5 Å². The molecule has 0 aliphatic rings. The van der Waals surface area contributed by atoms with Crippen molar-refractivity contribution >= 4 is 22.8 Å². The average molecular weight is 262 g/mol. The molecule has 6 nitrogen and oxygen atoms in total. The lowest BCUT2D eigenvalue weighted by molar-refractivity contribution is -0.149. The van der Waals surface area contributed by atoms with Crippen LogP contribution in [-0.4, -0.2) is 41.7 Å². The van der Waals surface area contributed by atoms with Crippen LogP contribution in [0.15, 0.2) is 30.5 Å². The van der Waals surface area contributed by atoms with Crippen molar-refractivity contribution in [3.05, 3.63) is 36.0 Å². The Bertz CT molecular complexity index is 605. The van der Waals surface area contributed by atoms with Crippen LogP contribution in [0.3, 0.4) is 0 Å². The first-order valence-electron chi connectivity index (χ1n) is 5.73. The molecule has 1 aromatic carbocycles. The van der Waals surface area contributed by atoms with Gasteiger partial charge in [0.05, 0.1) is 13.7 Å². The maximum absolute atomic E-state index is 11.8. The van der Waals surface area contributed by atoms with E-state index in [2.05, 4.69) is 15.0 Å². The second kappa shape index (κ2) is 5.53. The summed E-state index contributed by atoms with van der Waals surface area (Å²) in [6, 6.07) is 7.10. The molecule has 0 saturated heterocycles. The number of amides is 1. The Kier molecular flexibility index (Phi) is 3.82. The van der Waals surface area contributed by atoms with Crippen molar-refractivity contribution in [1.29, 1.82) is 0 Å². The number of fused-ring (bicyclic) bond motifs is 1. The molecule has 1 atom stereocenters. The summed E-state index contributed by atoms with van der Waals surface area (Å²) in [5.41, 5.74) is 1.30. The number of nitrogens with one attached hydrogen (secondary N) is 2. The van der Waals surface area contributed by atoms with Gasteiger partial charge < -0.3 is 20.1 Å². The molecule has 3 N–H and O–H groups in total. The fourth-order valence-electron chi connectivity index (χ4n) is 1.70. The summed E-state index contributed by atoms with van der Waals surface area (Å²) >= 11 is 0. The lowest BCUT2D eigenvalue weighted by Crippen LogP contribution is -2.37. The van der Waals surface area contributed by atoms with Crippen LogP contribution in [0.5, 0.6) is 0 Å². The molecule has 2 rings (SSSR count). The fraction of sp³-hybridized carbons (Fsp3) is 0.231. The van der Waals surface area contributed by atoms with Gasteiger partial charge in [0.25, 0.3) is 5.91 Å². The highest BCUT2D eigenvalue weighted by Gasteiger charge is 2.16. The smallest absolute Gasteiger partial charge is 0.336 e. The van der Waals surface area contributed by atoms with Gasteiger partial charge in [-0.2, -0.15) is 0 Å². The van der Waals surface area contributed by atoms with E-state index in [1.807, 2.05) is 12.1 Å². The van der Waals surface area contributed by atoms with Crippen LogP contribution >= 0.6 is 0 Å². The summed E-state index contributed by atoms with van der Waals surface area (Å²) in [5, 5.41) is 12.8. The van der Waals surface area contributed by atoms with Crippen LogP contribution in [0.1, 0.15) is 10.4 Å². The highest BCUT2D eigenvalue weighted by atomic mass is 16.5. The number of carbonyl (C=O) groups excluding carboxylic acids is 2. The van der Waals surface area contributed by atoms with Crippen molar-refractivity contribution in [3.8, 4) is 0 Å². The lowest BCUT2D eigenvalue weighted by atomic mass is 10.1. The van der Waals surface area contributed by atoms with E-state index in [0.717, 1.165) is 10.9 Å². The van der Waals surface area contributed by atoms with E-state index in [4.69, 9.17) is 0 Å². The standard InChI is InChI=1S/C13H14N2O4/c1-19-13(18)11(16)7-15-12(17)9-3-2-8-4-5-14-10(8)6-9/h2-6,11,14,16H,7H2,1H3,(H,15,17). The summed E-state index contributed by atoms with van der Waals surface area (Å²) < 4.78 is 4.35. The Morgan fingerprint density at radius 2 is 2.21 bits per heavy atom. The summed E-state index contributed by atoms with van der Waals surface area (Å²) in [6.45, 7) is -0.186. The number of esters is 1. The normalized spacial score (nSPS) is 12.1. The molecule has 0 saturated carbocycles. The number of aromatic amines is 1. The minimum Gasteiger partial charge on any atom is -0.467 e. The quantitative estimate of drug-likeness (QED) is 0.697. The molecule has 1 aromatic heterocycles. The van der Waals surface area contributed by atoms with Gasteiger partial charge in [0, 0.05) is 17.3 Å². The van der Waals surface area contributed by atoms with Crippen LogP contribution in [-0.2, 0) is 9.53 Å². The van der Waals surface area contributed by atoms with Gasteiger partial charge in [-0.3, -0.25) is 4.79 Å². The third-order valence-electron chi connectivity index (χ3n) is 2.75. The molecule has 0 bridgehead atoms. The highest BCUT2D eigenvalue weighted by Crippen LogP contribution is 2.13. The number of H-pyrrole nitrogens is 1. The van der Waals surface area contributed by atoms with E-state index < -0.39 is 12.1 Å². The molecule has 0 fully saturated rings. The number of aromatic nitrogens is 1. The number of aliphatic hydroxyl groups is 1. The minimum atomic E-state index is -1.36. The fourth-order valence-corrected chi connectivity index (χ4v) is 1.70. The molecule has 6 heteroatoms. The van der Waals surface area contributed by atoms with Gasteiger partial charge in [-0.05, 0) is 23.6 Å². The molecular formula is C13H14N2O4. The topological polar surface area (TPSA) is 91.4 Å². The van der Waals surface area contributed by atoms with E-state index in [9.17, 15) is 14.7 Å². The molecule has 1 unspecified atom stereocenters. The second-order valence-electron chi connectivity index (χ2n) is 4.03. The Morgan fingerprint density at radius 1 is 1.42 bits per heavy atom. The lowest BCUT2D eigenvalue weighted by Gasteiger charge is -2.09. The maximum atomic E-state index is 11.8. The molecular weight excluding hydrogens is 248 g/mol. The number of aliphatic hydroxyl groups excluding tert-OH is 1. The number of carbonyl (C=O) groups is 2. The van der Waals surface area contributed by atoms with Gasteiger partial charge in [0.1, 0.15) is 0 Å². The summed E-state index contributed by atoms with van der Waals surface area (Å²) in [4.78, 5) is 25.8. The van der Waals surface area contributed by atoms with Crippen LogP contribution in [0.4, 0.5) is 0 Å². The molecule has 19 heavy (non-hydrogen) atoms. The number of benzene rings is 1. The zero-order chi connectivity index (χ0) is 13.8. The number of rotatable bonds is 4. The van der Waals surface area contributed by atoms with Crippen LogP contribution in [0.25, 0.3) is 10.9 Å². The number of methoxy groups -OCH3 is 1. The predicted molar refractivity (Wildman–Crippen MR) is 68.7 cm³/mol. The van der Waals surface area contributed by atoms with Crippen LogP contribution in [0.2, 0.25) is 0 Å². The first-order valence-corrected chi connectivity index (χ1v) is 5.73. The number of ether oxygens (including phenoxy) is 1. The second-order valence-corrected chi connectivity index (χ2v) is 4.03. The van der Waals surface area contributed by atoms with Crippen molar-refractivity contribution in [2.24, 2.45) is 0 Å². The van der Waals surface area contributed by atoms with E-state index in [0.29, 0.717) is 5.56 Å². The van der Waals surface area contributed by atoms with Crippen LogP contribution < -0.4 is 5.32 Å². The molecule has 2 aromatic rings. The van der Waals surface area contributed by atoms with E-state index in [1.165, 1.54) is 7.11 Å². The molecule has 0 aliphatic carbocycles.